The van der Waals surface area contributed by atoms with Crippen molar-refractivity contribution in [2.24, 2.45) is 33.5 Å². The minimum absolute atomic E-state index is 0.00596. The second kappa shape index (κ2) is 13.1. The van der Waals surface area contributed by atoms with Crippen LogP contribution in [0.3, 0.4) is 0 Å². The van der Waals surface area contributed by atoms with Crippen LogP contribution in [0, 0.1) is 47.3 Å². The van der Waals surface area contributed by atoms with Gasteiger partial charge in [-0.25, -0.2) is 4.98 Å². The van der Waals surface area contributed by atoms with Gasteiger partial charge in [0, 0.05) is 74.1 Å². The molecule has 0 amide bonds. The Hall–Kier alpha value is -4.45. The van der Waals surface area contributed by atoms with E-state index in [1.165, 1.54) is 119 Å². The van der Waals surface area contributed by atoms with Gasteiger partial charge in [0.05, 0.1) is 11.4 Å². The molecule has 3 heterocycles. The van der Waals surface area contributed by atoms with Gasteiger partial charge in [0.25, 0.3) is 0 Å². The minimum atomic E-state index is 0.00596. The molecular weight excluding hydrogens is 819 g/mol. The molecule has 7 aromatic rings. The van der Waals surface area contributed by atoms with Crippen LogP contribution in [0.4, 0.5) is 0 Å². The predicted molar refractivity (Wildman–Crippen MR) is 268 cm³/mol. The fourth-order valence-electron chi connectivity index (χ4n) is 17.9. The lowest BCUT2D eigenvalue weighted by Crippen LogP contribution is -2.56. The van der Waals surface area contributed by atoms with Gasteiger partial charge in [0.1, 0.15) is 11.5 Å². The molecule has 8 fully saturated rings. The number of nitrogens with zero attached hydrogens (tertiary/aromatic N) is 1. The maximum absolute atomic E-state index is 12.8. The van der Waals surface area contributed by atoms with E-state index < -0.39 is 0 Å². The second-order valence-corrected chi connectivity index (χ2v) is 26.4. The summed E-state index contributed by atoms with van der Waals surface area (Å²) in [5.41, 5.74) is 12.0. The first kappa shape index (κ1) is 39.9. The molecule has 8 bridgehead atoms. The Morgan fingerprint density at radius 2 is 0.875 bits per heavy atom. The molecule has 8 atom stereocenters. The molecule has 5 heteroatoms. The van der Waals surface area contributed by atoms with E-state index in [0.717, 1.165) is 55.2 Å². The number of phenols is 2. The smallest absolute Gasteiger partial charge is 0.128 e. The quantitative estimate of drug-likeness (QED) is 0.175. The number of pyridine rings is 1. The standard InChI is InChI=1S/C59H61NO2S2/c1-34-18-40(50(61)42(20-34)58-26-36-22-54(3,30-58)28-55(4,23-36)31-58)52-48(38-12-7-9-16-46(38)63-52)44-14-11-15-45(60-44)49-39-13-8-10-17-47(39)64-53(49)41-19-35(2)21-43(51(41)62)59-27-37-24-56(5,32-59)29-57(6,25-37)33-59/h7-21,36-37,61-62H,22-33H2,1-6H3/t36?,37?,54-,55+,56-,57+,58?,59?. The van der Waals surface area contributed by atoms with E-state index in [9.17, 15) is 10.2 Å². The molecule has 15 rings (SSSR count). The lowest BCUT2D eigenvalue weighted by molar-refractivity contribution is -0.110. The normalized spacial score (nSPS) is 33.5. The summed E-state index contributed by atoms with van der Waals surface area (Å²) in [5, 5.41) is 27.9. The fourth-order valence-corrected chi connectivity index (χ4v) is 20.4. The molecule has 3 aromatic heterocycles. The molecule has 8 saturated carbocycles. The maximum atomic E-state index is 12.8. The Balaban J connectivity index is 0.973. The first-order chi connectivity index (χ1) is 30.5. The Labute approximate surface area is 387 Å². The van der Waals surface area contributed by atoms with Crippen LogP contribution in [-0.2, 0) is 10.8 Å². The van der Waals surface area contributed by atoms with Crippen molar-refractivity contribution in [3.63, 3.8) is 0 Å². The zero-order valence-electron chi connectivity index (χ0n) is 38.5. The van der Waals surface area contributed by atoms with Crippen LogP contribution in [0.2, 0.25) is 0 Å². The summed E-state index contributed by atoms with van der Waals surface area (Å²) in [6.07, 6.45) is 15.0. The van der Waals surface area contributed by atoms with Crippen molar-refractivity contribution < 1.29 is 10.2 Å². The van der Waals surface area contributed by atoms with Gasteiger partial charge in [-0.05, 0) is 172 Å². The molecular formula is C59H61NO2S2. The average Bonchev–Trinajstić information content (AvgIpc) is 3.79. The fraction of sp³-hybridized carbons (Fsp3) is 0.441. The molecule has 0 spiro atoms. The highest BCUT2D eigenvalue weighted by atomic mass is 32.1. The Morgan fingerprint density at radius 1 is 0.484 bits per heavy atom. The first-order valence-corrected chi connectivity index (χ1v) is 25.9. The van der Waals surface area contributed by atoms with Crippen molar-refractivity contribution in [1.82, 2.24) is 4.98 Å². The van der Waals surface area contributed by atoms with Crippen molar-refractivity contribution in [1.29, 1.82) is 0 Å². The number of aryl methyl sites for hydroxylation is 2. The van der Waals surface area contributed by atoms with Gasteiger partial charge >= 0.3 is 0 Å². The third-order valence-electron chi connectivity index (χ3n) is 17.8. The summed E-state index contributed by atoms with van der Waals surface area (Å²) < 4.78 is 2.39. The number of hydrogen-bond acceptors (Lipinski definition) is 5. The molecule has 64 heavy (non-hydrogen) atoms. The van der Waals surface area contributed by atoms with Crippen LogP contribution in [0.1, 0.15) is 127 Å². The topological polar surface area (TPSA) is 53.4 Å². The van der Waals surface area contributed by atoms with E-state index in [0.29, 0.717) is 33.2 Å². The molecule has 8 aliphatic rings. The van der Waals surface area contributed by atoms with Crippen molar-refractivity contribution in [3.8, 4) is 54.9 Å². The van der Waals surface area contributed by atoms with Crippen LogP contribution in [0.5, 0.6) is 11.5 Å². The second-order valence-electron chi connectivity index (χ2n) is 24.3. The average molecular weight is 880 g/mol. The number of aromatic nitrogens is 1. The number of fused-ring (bicyclic) bond motifs is 2. The Bertz CT molecular complexity index is 2890. The lowest BCUT2D eigenvalue weighted by Gasteiger charge is -2.65. The summed E-state index contributed by atoms with van der Waals surface area (Å²) in [6.45, 7) is 14.6. The van der Waals surface area contributed by atoms with Gasteiger partial charge in [-0.15, -0.1) is 22.7 Å². The van der Waals surface area contributed by atoms with Gasteiger partial charge in [0.15, 0.2) is 0 Å². The van der Waals surface area contributed by atoms with Crippen LogP contribution in [0.15, 0.2) is 91.0 Å². The summed E-state index contributed by atoms with van der Waals surface area (Å²) in [7, 11) is 0. The van der Waals surface area contributed by atoms with Crippen LogP contribution < -0.4 is 0 Å². The van der Waals surface area contributed by atoms with Gasteiger partial charge in [-0.1, -0.05) is 82.3 Å². The van der Waals surface area contributed by atoms with E-state index in [4.69, 9.17) is 4.98 Å². The number of rotatable bonds is 6. The molecule has 326 valence electrons. The van der Waals surface area contributed by atoms with Gasteiger partial charge in [0.2, 0.25) is 0 Å². The highest BCUT2D eigenvalue weighted by Gasteiger charge is 2.62. The van der Waals surface area contributed by atoms with E-state index in [1.807, 2.05) is 0 Å². The van der Waals surface area contributed by atoms with Gasteiger partial charge < -0.3 is 10.2 Å². The summed E-state index contributed by atoms with van der Waals surface area (Å²) in [4.78, 5) is 7.85. The first-order valence-electron chi connectivity index (χ1n) is 24.2. The number of benzene rings is 4. The molecule has 2 N–H and O–H groups in total. The van der Waals surface area contributed by atoms with Crippen LogP contribution in [0.25, 0.3) is 63.6 Å². The summed E-state index contributed by atoms with van der Waals surface area (Å²) in [5.74, 6) is 2.42. The van der Waals surface area contributed by atoms with Gasteiger partial charge in [-0.2, -0.15) is 0 Å². The van der Waals surface area contributed by atoms with E-state index in [1.54, 1.807) is 22.7 Å². The lowest BCUT2D eigenvalue weighted by atomic mass is 9.39. The molecule has 8 aliphatic carbocycles. The van der Waals surface area contributed by atoms with Gasteiger partial charge in [-0.3, -0.25) is 0 Å². The molecule has 3 nitrogen and oxygen atoms in total. The largest absolute Gasteiger partial charge is 0.507 e. The Morgan fingerprint density at radius 3 is 1.27 bits per heavy atom. The van der Waals surface area contributed by atoms with Crippen LogP contribution in [-0.4, -0.2) is 15.2 Å². The molecule has 0 radical (unpaired) electrons. The molecule has 4 unspecified atom stereocenters. The van der Waals surface area contributed by atoms with Crippen molar-refractivity contribution >= 4 is 42.8 Å². The van der Waals surface area contributed by atoms with Crippen molar-refractivity contribution in [2.75, 3.05) is 0 Å². The molecule has 0 aliphatic heterocycles. The minimum Gasteiger partial charge on any atom is -0.507 e. The highest BCUT2D eigenvalue weighted by molar-refractivity contribution is 7.23. The molecule has 4 aromatic carbocycles. The summed E-state index contributed by atoms with van der Waals surface area (Å²) in [6, 6.07) is 33.1. The van der Waals surface area contributed by atoms with E-state index >= 15 is 0 Å². The summed E-state index contributed by atoms with van der Waals surface area (Å²) >= 11 is 3.56. The zero-order chi connectivity index (χ0) is 43.8. The zero-order valence-corrected chi connectivity index (χ0v) is 40.1. The number of thiophene rings is 2. The predicted octanol–water partition coefficient (Wildman–Crippen LogP) is 16.7. The van der Waals surface area contributed by atoms with E-state index in [2.05, 4.69) is 133 Å². The highest BCUT2D eigenvalue weighted by Crippen LogP contribution is 2.72. The van der Waals surface area contributed by atoms with Crippen LogP contribution >= 0.6 is 22.7 Å². The monoisotopic (exact) mass is 879 g/mol. The Kier molecular flexibility index (Phi) is 8.18. The number of phenolic OH excluding ortho intramolecular Hbond substituents is 2. The third-order valence-corrected chi connectivity index (χ3v) is 20.3. The number of aromatic hydroxyl groups is 2. The molecule has 0 saturated heterocycles. The van der Waals surface area contributed by atoms with E-state index in [-0.39, 0.29) is 10.8 Å². The number of hydrogen-bond donors (Lipinski definition) is 2. The maximum Gasteiger partial charge on any atom is 0.128 e. The third kappa shape index (κ3) is 5.84. The van der Waals surface area contributed by atoms with Crippen molar-refractivity contribution in [2.45, 2.75) is 129 Å². The van der Waals surface area contributed by atoms with Crippen molar-refractivity contribution in [3.05, 3.63) is 113 Å². The SMILES string of the molecule is Cc1cc(-c2sc3ccccc3c2-c2cccc(-c3c(-c4cc(C)cc(C56CC7C[C@@](C)(C5)C[C@](C)(C7)C6)c4O)sc4ccccc34)n2)c(O)c(C23CC4C[C@@](C)(C2)C[C@](C)(C4)C3)c1.